The van der Waals surface area contributed by atoms with Gasteiger partial charge in [0.05, 0.1) is 44.1 Å². The summed E-state index contributed by atoms with van der Waals surface area (Å²) in [6.45, 7) is 3.81. The van der Waals surface area contributed by atoms with Crippen molar-refractivity contribution in [3.8, 4) is 0 Å². The van der Waals surface area contributed by atoms with Gasteiger partial charge in [0.15, 0.2) is 6.61 Å². The van der Waals surface area contributed by atoms with Gasteiger partial charge in [0.2, 0.25) is 17.7 Å². The van der Waals surface area contributed by atoms with Crippen LogP contribution in [0.15, 0.2) is 0 Å². The van der Waals surface area contributed by atoms with Crippen LogP contribution in [-0.4, -0.2) is 168 Å². The average Bonchev–Trinajstić information content (AvgIpc) is 3.40. The number of rotatable bonds is 48. The van der Waals surface area contributed by atoms with E-state index in [-0.39, 0.29) is 112 Å². The maximum absolute atomic E-state index is 13.0. The van der Waals surface area contributed by atoms with E-state index in [1.807, 2.05) is 0 Å². The third-order valence-electron chi connectivity index (χ3n) is 13.4. The van der Waals surface area contributed by atoms with Crippen LogP contribution in [0.1, 0.15) is 175 Å². The summed E-state index contributed by atoms with van der Waals surface area (Å²) in [5.41, 5.74) is 5.09. The molecule has 0 spiro atoms. The predicted octanol–water partition coefficient (Wildman–Crippen LogP) is 4.30. The van der Waals surface area contributed by atoms with Crippen LogP contribution in [-0.2, 0) is 67.0 Å². The first-order valence-electron chi connectivity index (χ1n) is 28.3. The first-order valence-corrected chi connectivity index (χ1v) is 29.4. The zero-order chi connectivity index (χ0) is 59.2. The monoisotopic (exact) mass is 1150 g/mol. The Bertz CT molecular complexity index is 1810. The second-order valence-corrected chi connectivity index (χ2v) is 21.2. The number of carbonyl (C=O) groups is 11. The van der Waals surface area contributed by atoms with Crippen LogP contribution in [0.5, 0.6) is 0 Å². The van der Waals surface area contributed by atoms with Crippen molar-refractivity contribution < 1.29 is 87.4 Å². The van der Waals surface area contributed by atoms with Crippen LogP contribution in [0.3, 0.4) is 0 Å². The first kappa shape index (κ1) is 74.0. The number of aliphatic hydroxyl groups excluding tert-OH is 1. The normalized spacial score (nSPS) is 15.4. The molecule has 0 aromatic heterocycles. The van der Waals surface area contributed by atoms with Gasteiger partial charge in [0, 0.05) is 69.3 Å². The van der Waals surface area contributed by atoms with Crippen molar-refractivity contribution >= 4 is 76.6 Å². The third-order valence-corrected chi connectivity index (χ3v) is 14.5. The number of ether oxygens (including phenoxy) is 3. The van der Waals surface area contributed by atoms with Crippen molar-refractivity contribution in [1.29, 1.82) is 0 Å². The molecule has 0 heterocycles. The lowest BCUT2D eigenvalue weighted by atomic mass is 9.79. The Kier molecular flexibility index (Phi) is 44.7. The van der Waals surface area contributed by atoms with Crippen LogP contribution >= 0.6 is 11.8 Å². The lowest BCUT2D eigenvalue weighted by Crippen LogP contribution is -2.45. The van der Waals surface area contributed by atoms with Gasteiger partial charge in [-0.15, -0.1) is 0 Å². The van der Waals surface area contributed by atoms with E-state index in [2.05, 4.69) is 21.3 Å². The summed E-state index contributed by atoms with van der Waals surface area (Å²) >= 11 is 1.21. The fourth-order valence-electron chi connectivity index (χ4n) is 8.18. The summed E-state index contributed by atoms with van der Waals surface area (Å²) in [4.78, 5) is 130. The van der Waals surface area contributed by atoms with Gasteiger partial charge in [-0.25, -0.2) is 9.59 Å². The second-order valence-electron chi connectivity index (χ2n) is 20.2. The smallest absolute Gasteiger partial charge is 0.332 e. The summed E-state index contributed by atoms with van der Waals surface area (Å²) in [6.07, 6.45) is 18.3. The van der Waals surface area contributed by atoms with Gasteiger partial charge >= 0.3 is 23.9 Å². The third kappa shape index (κ3) is 42.5. The number of Topliss-reactive ketones (excluding diaryl/α,β-unsaturated/α-hetero) is 3. The SMILES string of the molecule is CC(=O)[C@H](C)N.CC[C@@H](CSCC(=O)NCCNC(=O)COC(=O)COCCOCCNC(=O)CC[C@H](NC(=O)C1CCC(CCC(=O)CCCCCCCCCCCCCCC(=O)O)CC1)C(=O)O)C(=O)C[C@@H](CO)C(=O)O. The highest BCUT2D eigenvalue weighted by Crippen LogP contribution is 2.32. The number of amides is 4. The van der Waals surface area contributed by atoms with Crippen LogP contribution in [0, 0.1) is 23.7 Å². The number of hydrogen-bond acceptors (Lipinski definition) is 17. The van der Waals surface area contributed by atoms with Crippen LogP contribution in [0.2, 0.25) is 0 Å². The van der Waals surface area contributed by atoms with E-state index in [0.29, 0.717) is 43.8 Å². The lowest BCUT2D eigenvalue weighted by molar-refractivity contribution is -0.153. The van der Waals surface area contributed by atoms with Crippen LogP contribution < -0.4 is 27.0 Å². The number of aliphatic carboxylic acids is 3. The fourth-order valence-corrected chi connectivity index (χ4v) is 9.30. The van der Waals surface area contributed by atoms with Gasteiger partial charge in [0.25, 0.3) is 5.91 Å². The Balaban J connectivity index is 0.00000954. The number of nitrogens with one attached hydrogen (secondary N) is 4. The number of ketones is 3. The molecule has 10 N–H and O–H groups in total. The number of carboxylic acid groups (broad SMARTS) is 3. The van der Waals surface area contributed by atoms with Gasteiger partial charge in [-0.1, -0.05) is 71.1 Å². The molecule has 4 atom stereocenters. The van der Waals surface area contributed by atoms with Gasteiger partial charge in [-0.2, -0.15) is 11.8 Å². The number of carbonyl (C=O) groups excluding carboxylic acids is 8. The summed E-state index contributed by atoms with van der Waals surface area (Å²) in [5, 5.41) is 46.9. The molecule has 0 aromatic rings. The summed E-state index contributed by atoms with van der Waals surface area (Å²) in [6, 6.07) is -1.50. The van der Waals surface area contributed by atoms with E-state index in [0.717, 1.165) is 57.8 Å². The minimum absolute atomic E-state index is 0.0183. The molecule has 1 saturated carbocycles. The molecule has 1 aliphatic carbocycles. The van der Waals surface area contributed by atoms with E-state index in [1.54, 1.807) is 13.8 Å². The molecule has 1 fully saturated rings. The Morgan fingerprint density at radius 3 is 1.71 bits per heavy atom. The molecule has 0 bridgehead atoms. The highest BCUT2D eigenvalue weighted by molar-refractivity contribution is 7.99. The zero-order valence-electron chi connectivity index (χ0n) is 47.2. The van der Waals surface area contributed by atoms with Crippen LogP contribution in [0.25, 0.3) is 0 Å². The molecule has 1 aliphatic rings. The predicted molar refractivity (Wildman–Crippen MR) is 296 cm³/mol. The molecule has 0 aliphatic heterocycles. The topological polar surface area (TPSA) is 371 Å². The van der Waals surface area contributed by atoms with E-state index in [9.17, 15) is 57.8 Å². The van der Waals surface area contributed by atoms with Crippen molar-refractivity contribution in [3.63, 3.8) is 0 Å². The molecule has 454 valence electrons. The molecule has 4 amide bonds. The Morgan fingerprint density at radius 1 is 0.633 bits per heavy atom. The highest BCUT2D eigenvalue weighted by Gasteiger charge is 2.30. The van der Waals surface area contributed by atoms with Gasteiger partial charge in [-0.05, 0) is 77.6 Å². The minimum atomic E-state index is -1.24. The molecule has 0 unspecified atom stereocenters. The highest BCUT2D eigenvalue weighted by atomic mass is 32.2. The van der Waals surface area contributed by atoms with Crippen molar-refractivity contribution in [1.82, 2.24) is 21.3 Å². The van der Waals surface area contributed by atoms with Crippen LogP contribution in [0.4, 0.5) is 0 Å². The maximum atomic E-state index is 13.0. The first-order chi connectivity index (χ1) is 37.7. The number of nitrogens with two attached hydrogens (primary N) is 1. The zero-order valence-corrected chi connectivity index (χ0v) is 48.0. The van der Waals surface area contributed by atoms with E-state index >= 15 is 0 Å². The molecule has 24 heteroatoms. The molecule has 1 rings (SSSR count). The maximum Gasteiger partial charge on any atom is 0.332 e. The quantitative estimate of drug-likeness (QED) is 0.0303. The van der Waals surface area contributed by atoms with E-state index in [1.165, 1.54) is 57.2 Å². The molecule has 79 heavy (non-hydrogen) atoms. The number of aliphatic hydroxyl groups is 1. The van der Waals surface area contributed by atoms with E-state index in [4.69, 9.17) is 35.3 Å². The molecule has 0 radical (unpaired) electrons. The Hall–Kier alpha value is -5.04. The van der Waals surface area contributed by atoms with Gasteiger partial charge in [-0.3, -0.25) is 43.2 Å². The minimum Gasteiger partial charge on any atom is -0.481 e. The number of esters is 1. The summed E-state index contributed by atoms with van der Waals surface area (Å²) in [5.74, 6) is -6.81. The lowest BCUT2D eigenvalue weighted by Gasteiger charge is -2.28. The number of hydrogen-bond donors (Lipinski definition) is 9. The molecule has 0 aromatic carbocycles. The molecular formula is C55H95N5O18S. The summed E-state index contributed by atoms with van der Waals surface area (Å²) in [7, 11) is 0. The molecule has 23 nitrogen and oxygen atoms in total. The van der Waals surface area contributed by atoms with Crippen molar-refractivity contribution in [2.75, 3.05) is 70.8 Å². The van der Waals surface area contributed by atoms with Gasteiger partial charge < -0.3 is 61.6 Å². The molecular weight excluding hydrogens is 1050 g/mol. The second kappa shape index (κ2) is 47.7. The number of carboxylic acids is 3. The summed E-state index contributed by atoms with van der Waals surface area (Å²) < 4.78 is 15.4. The van der Waals surface area contributed by atoms with Gasteiger partial charge in [0.1, 0.15) is 30.0 Å². The average molecular weight is 1150 g/mol. The van der Waals surface area contributed by atoms with Crippen molar-refractivity contribution in [3.05, 3.63) is 0 Å². The standard InChI is InChI=1S/C51H86N4O17S.C4H9NO/c1-2-38(43(58)31-40(32-56)50(66)67)35-73-36-46(61)53-26-25-52-45(60)33-72-48(64)34-71-30-29-70-28-27-54-44(59)24-23-42(51(68)69)55-49(65)39-20-17-37(18-21-39)19-22-41(57)15-13-11-9-7-5-3-4-6-8-10-12-14-16-47(62)63;1-3(5)4(2)6/h37-40,42,56H,2-36H2,1H3,(H,52,60)(H,53,61)(H,54,59)(H,55,65)(H,62,63)(H,66,67)(H,68,69);3H,5H2,1-2H3/t37?,38-,39?,40-,42-;3-/m00/s1. The van der Waals surface area contributed by atoms with E-state index < -0.39 is 73.4 Å². The Labute approximate surface area is 470 Å². The van der Waals surface area contributed by atoms with Crippen molar-refractivity contribution in [2.24, 2.45) is 29.4 Å². The fraction of sp³-hybridized carbons (Fsp3) is 0.800. The number of thioether (sulfide) groups is 1. The molecule has 0 saturated heterocycles. The van der Waals surface area contributed by atoms with Crippen molar-refractivity contribution in [2.45, 2.75) is 187 Å². The Morgan fingerprint density at radius 2 is 1.18 bits per heavy atom. The number of unbranched alkanes of at least 4 members (excludes halogenated alkanes) is 11. The largest absolute Gasteiger partial charge is 0.481 e.